The normalized spacial score (nSPS) is 15.1. The van der Waals surface area contributed by atoms with Gasteiger partial charge in [-0.15, -0.1) is 0 Å². The summed E-state index contributed by atoms with van der Waals surface area (Å²) in [6, 6.07) is 18.8. The van der Waals surface area contributed by atoms with Crippen molar-refractivity contribution in [3.63, 3.8) is 0 Å². The van der Waals surface area contributed by atoms with E-state index < -0.39 is 0 Å². The van der Waals surface area contributed by atoms with E-state index in [1.54, 1.807) is 0 Å². The van der Waals surface area contributed by atoms with E-state index in [1.807, 2.05) is 24.3 Å². The minimum atomic E-state index is 0.386. The van der Waals surface area contributed by atoms with Crippen molar-refractivity contribution in [1.29, 1.82) is 5.26 Å². The average Bonchev–Trinajstić information content (AvgIpc) is 2.62. The van der Waals surface area contributed by atoms with Crippen molar-refractivity contribution in [2.45, 2.75) is 51.0 Å². The van der Waals surface area contributed by atoms with Gasteiger partial charge >= 0.3 is 0 Å². The zero-order valence-electron chi connectivity index (χ0n) is 13.5. The molecule has 0 atom stereocenters. The van der Waals surface area contributed by atoms with Gasteiger partial charge in [-0.05, 0) is 36.0 Å². The van der Waals surface area contributed by atoms with Crippen molar-refractivity contribution in [2.24, 2.45) is 0 Å². The molecule has 0 N–H and O–H groups in total. The number of rotatable bonds is 5. The van der Waals surface area contributed by atoms with Gasteiger partial charge in [0.15, 0.2) is 0 Å². The standard InChI is InChI=1S/C21H23NO/c22-15-14-20-8-4-5-9-21(20)23-16-17-10-12-19(13-11-17)18-6-2-1-3-7-18/h4-5,8-13,18H,1-3,6-7,14,16H2. The third-order valence-electron chi connectivity index (χ3n) is 4.69. The molecule has 0 spiro atoms. The average molecular weight is 305 g/mol. The lowest BCUT2D eigenvalue weighted by Crippen LogP contribution is -2.05. The van der Waals surface area contributed by atoms with Crippen LogP contribution in [0.3, 0.4) is 0 Å². The second kappa shape index (κ2) is 7.83. The second-order valence-corrected chi connectivity index (χ2v) is 6.31. The van der Waals surface area contributed by atoms with Gasteiger partial charge in [-0.25, -0.2) is 0 Å². The highest BCUT2D eigenvalue weighted by atomic mass is 16.5. The minimum absolute atomic E-state index is 0.386. The van der Waals surface area contributed by atoms with E-state index in [4.69, 9.17) is 10.00 Å². The highest BCUT2D eigenvalue weighted by Gasteiger charge is 2.15. The fourth-order valence-corrected chi connectivity index (χ4v) is 3.36. The van der Waals surface area contributed by atoms with Crippen molar-refractivity contribution >= 4 is 0 Å². The van der Waals surface area contributed by atoms with Crippen LogP contribution >= 0.6 is 0 Å². The molecule has 118 valence electrons. The van der Waals surface area contributed by atoms with E-state index in [0.29, 0.717) is 13.0 Å². The molecule has 1 aliphatic rings. The van der Waals surface area contributed by atoms with Gasteiger partial charge in [0, 0.05) is 5.56 Å². The third-order valence-corrected chi connectivity index (χ3v) is 4.69. The zero-order chi connectivity index (χ0) is 15.9. The lowest BCUT2D eigenvalue weighted by molar-refractivity contribution is 0.303. The Hall–Kier alpha value is -2.27. The molecule has 0 bridgehead atoms. The van der Waals surface area contributed by atoms with Crippen LogP contribution in [-0.4, -0.2) is 0 Å². The largest absolute Gasteiger partial charge is 0.489 e. The molecule has 0 unspecified atom stereocenters. The first-order valence-electron chi connectivity index (χ1n) is 8.53. The molecule has 0 saturated heterocycles. The first kappa shape index (κ1) is 15.6. The van der Waals surface area contributed by atoms with Crippen LogP contribution in [0.1, 0.15) is 54.7 Å². The maximum Gasteiger partial charge on any atom is 0.124 e. The molecular formula is C21H23NO. The summed E-state index contributed by atoms with van der Waals surface area (Å²) in [7, 11) is 0. The SMILES string of the molecule is N#CCc1ccccc1OCc1ccc(C2CCCCC2)cc1. The fourth-order valence-electron chi connectivity index (χ4n) is 3.36. The number of nitriles is 1. The predicted molar refractivity (Wildman–Crippen MR) is 92.4 cm³/mol. The summed E-state index contributed by atoms with van der Waals surface area (Å²) in [5, 5.41) is 8.88. The van der Waals surface area contributed by atoms with E-state index in [1.165, 1.54) is 43.2 Å². The van der Waals surface area contributed by atoms with Gasteiger partial charge < -0.3 is 4.74 Å². The van der Waals surface area contributed by atoms with Crippen molar-refractivity contribution in [1.82, 2.24) is 0 Å². The van der Waals surface area contributed by atoms with E-state index in [-0.39, 0.29) is 0 Å². The number of para-hydroxylation sites is 1. The monoisotopic (exact) mass is 305 g/mol. The van der Waals surface area contributed by atoms with Crippen LogP contribution in [0.5, 0.6) is 5.75 Å². The van der Waals surface area contributed by atoms with Gasteiger partial charge in [0.05, 0.1) is 12.5 Å². The van der Waals surface area contributed by atoms with Crippen molar-refractivity contribution < 1.29 is 4.74 Å². The Kier molecular flexibility index (Phi) is 5.32. The van der Waals surface area contributed by atoms with Crippen LogP contribution in [0.2, 0.25) is 0 Å². The summed E-state index contributed by atoms with van der Waals surface area (Å²) < 4.78 is 5.91. The Morgan fingerprint density at radius 2 is 1.70 bits per heavy atom. The Morgan fingerprint density at radius 1 is 0.957 bits per heavy atom. The predicted octanol–water partition coefficient (Wildman–Crippen LogP) is 5.38. The summed E-state index contributed by atoms with van der Waals surface area (Å²) in [4.78, 5) is 0. The Balaban J connectivity index is 1.61. The molecular weight excluding hydrogens is 282 g/mol. The molecule has 2 aromatic carbocycles. The molecule has 3 rings (SSSR count). The second-order valence-electron chi connectivity index (χ2n) is 6.31. The fraction of sp³-hybridized carbons (Fsp3) is 0.381. The Labute approximate surface area is 138 Å². The smallest absolute Gasteiger partial charge is 0.124 e. The topological polar surface area (TPSA) is 33.0 Å². The van der Waals surface area contributed by atoms with Gasteiger partial charge in [-0.2, -0.15) is 5.26 Å². The number of hydrogen-bond acceptors (Lipinski definition) is 2. The van der Waals surface area contributed by atoms with Crippen LogP contribution in [0, 0.1) is 11.3 Å². The van der Waals surface area contributed by atoms with Gasteiger partial charge in [0.25, 0.3) is 0 Å². The molecule has 1 fully saturated rings. The summed E-state index contributed by atoms with van der Waals surface area (Å²) in [6.45, 7) is 0.549. The minimum Gasteiger partial charge on any atom is -0.489 e. The van der Waals surface area contributed by atoms with Crippen molar-refractivity contribution in [3.8, 4) is 11.8 Å². The molecule has 2 heteroatoms. The first-order chi connectivity index (χ1) is 11.4. The molecule has 0 heterocycles. The molecule has 1 saturated carbocycles. The van der Waals surface area contributed by atoms with Gasteiger partial charge in [-0.3, -0.25) is 0 Å². The molecule has 1 aliphatic carbocycles. The molecule has 0 aliphatic heterocycles. The van der Waals surface area contributed by atoms with Crippen LogP contribution in [-0.2, 0) is 13.0 Å². The van der Waals surface area contributed by atoms with Gasteiger partial charge in [0.2, 0.25) is 0 Å². The maximum absolute atomic E-state index is 8.88. The van der Waals surface area contributed by atoms with E-state index in [0.717, 1.165) is 17.2 Å². The number of benzene rings is 2. The lowest BCUT2D eigenvalue weighted by atomic mass is 9.84. The zero-order valence-corrected chi connectivity index (χ0v) is 13.5. The van der Waals surface area contributed by atoms with E-state index >= 15 is 0 Å². The first-order valence-corrected chi connectivity index (χ1v) is 8.53. The molecule has 0 aromatic heterocycles. The van der Waals surface area contributed by atoms with Crippen LogP contribution < -0.4 is 4.74 Å². The summed E-state index contributed by atoms with van der Waals surface area (Å²) in [6.07, 6.45) is 7.17. The quantitative estimate of drug-likeness (QED) is 0.743. The molecule has 0 radical (unpaired) electrons. The Morgan fingerprint density at radius 3 is 2.43 bits per heavy atom. The molecule has 2 aromatic rings. The summed E-state index contributed by atoms with van der Waals surface area (Å²) >= 11 is 0. The van der Waals surface area contributed by atoms with E-state index in [2.05, 4.69) is 30.3 Å². The number of ether oxygens (including phenoxy) is 1. The summed E-state index contributed by atoms with van der Waals surface area (Å²) in [5.74, 6) is 1.56. The van der Waals surface area contributed by atoms with Gasteiger partial charge in [-0.1, -0.05) is 61.7 Å². The highest BCUT2D eigenvalue weighted by Crippen LogP contribution is 2.32. The van der Waals surface area contributed by atoms with Crippen molar-refractivity contribution in [2.75, 3.05) is 0 Å². The van der Waals surface area contributed by atoms with Crippen LogP contribution in [0.15, 0.2) is 48.5 Å². The van der Waals surface area contributed by atoms with Crippen LogP contribution in [0.25, 0.3) is 0 Å². The highest BCUT2D eigenvalue weighted by molar-refractivity contribution is 5.35. The van der Waals surface area contributed by atoms with Crippen molar-refractivity contribution in [3.05, 3.63) is 65.2 Å². The lowest BCUT2D eigenvalue weighted by Gasteiger charge is -2.22. The number of nitrogens with zero attached hydrogens (tertiary/aromatic N) is 1. The Bertz CT molecular complexity index is 663. The van der Waals surface area contributed by atoms with Gasteiger partial charge in [0.1, 0.15) is 12.4 Å². The summed E-state index contributed by atoms with van der Waals surface area (Å²) in [5.41, 5.74) is 3.60. The van der Waals surface area contributed by atoms with Crippen LogP contribution in [0.4, 0.5) is 0 Å². The molecule has 0 amide bonds. The third kappa shape index (κ3) is 4.13. The number of hydrogen-bond donors (Lipinski definition) is 0. The molecule has 23 heavy (non-hydrogen) atoms. The maximum atomic E-state index is 8.88. The van der Waals surface area contributed by atoms with E-state index in [9.17, 15) is 0 Å². The molecule has 2 nitrogen and oxygen atoms in total.